The Balaban J connectivity index is 1.78. The van der Waals surface area contributed by atoms with E-state index in [0.29, 0.717) is 16.3 Å². The van der Waals surface area contributed by atoms with Gasteiger partial charge in [0.25, 0.3) is 0 Å². The molecule has 3 aromatic carbocycles. The first-order chi connectivity index (χ1) is 13.7. The molecule has 4 aromatic rings. The average Bonchev–Trinajstić information content (AvgIpc) is 3.11. The van der Waals surface area contributed by atoms with Gasteiger partial charge in [0.15, 0.2) is 0 Å². The number of nitrogens with one attached hydrogen (secondary N) is 2. The highest BCUT2D eigenvalue weighted by atomic mass is 35.5. The molecule has 5 nitrogen and oxygen atoms in total. The maximum Gasteiger partial charge on any atom is 0.244 e. The Morgan fingerprint density at radius 3 is 2.62 bits per heavy atom. The minimum atomic E-state index is -3.88. The number of hydrogen-bond acceptors (Lipinski definition) is 2. The van der Waals surface area contributed by atoms with Crippen LogP contribution in [0, 0.1) is 0 Å². The Labute approximate surface area is 173 Å². The number of rotatable bonds is 4. The third kappa shape index (κ3) is 3.25. The number of aromatic amines is 1. The quantitative estimate of drug-likeness (QED) is 0.364. The summed E-state index contributed by atoms with van der Waals surface area (Å²) in [5, 5.41) is 4.30. The molecule has 0 aliphatic heterocycles. The van der Waals surface area contributed by atoms with E-state index in [1.165, 1.54) is 13.6 Å². The van der Waals surface area contributed by atoms with Crippen molar-refractivity contribution in [3.8, 4) is 0 Å². The predicted molar refractivity (Wildman–Crippen MR) is 119 cm³/mol. The van der Waals surface area contributed by atoms with Crippen LogP contribution in [0.2, 0.25) is 5.02 Å². The van der Waals surface area contributed by atoms with Crippen LogP contribution in [0.5, 0.6) is 0 Å². The lowest BCUT2D eigenvalue weighted by Crippen LogP contribution is -2.37. The predicted octanol–water partition coefficient (Wildman–Crippen LogP) is 5.73. The van der Waals surface area contributed by atoms with E-state index >= 15 is 0 Å². The van der Waals surface area contributed by atoms with Crippen LogP contribution >= 0.6 is 19.0 Å². The minimum Gasteiger partial charge on any atom is -0.361 e. The molecule has 4 rings (SSSR count). The highest BCUT2D eigenvalue weighted by molar-refractivity contribution is 7.59. The second-order valence-corrected chi connectivity index (χ2v) is 10.4. The van der Waals surface area contributed by atoms with E-state index in [1.54, 1.807) is 24.4 Å². The normalized spacial score (nSPS) is 15.7. The number of aromatic nitrogens is 1. The van der Waals surface area contributed by atoms with Gasteiger partial charge in [-0.3, -0.25) is 9.36 Å². The molecular formula is C22H20ClN2O3P. The number of carbonyl (C=O) groups excluding carboxylic acids is 1. The summed E-state index contributed by atoms with van der Waals surface area (Å²) in [6.45, 7) is 2.73. The summed E-state index contributed by atoms with van der Waals surface area (Å²) >= 11 is 6.21. The molecule has 29 heavy (non-hydrogen) atoms. The molecular weight excluding hydrogens is 407 g/mol. The lowest BCUT2D eigenvalue weighted by Gasteiger charge is -2.30. The maximum absolute atomic E-state index is 13.3. The van der Waals surface area contributed by atoms with Crippen LogP contribution in [-0.4, -0.2) is 22.4 Å². The molecule has 1 aromatic heterocycles. The lowest BCUT2D eigenvalue weighted by molar-refractivity contribution is -0.118. The van der Waals surface area contributed by atoms with Crippen molar-refractivity contribution < 1.29 is 14.3 Å². The second kappa shape index (κ2) is 7.03. The molecule has 0 radical (unpaired) electrons. The summed E-state index contributed by atoms with van der Waals surface area (Å²) in [5.41, 5.74) is 1.82. The van der Waals surface area contributed by atoms with E-state index in [1.807, 2.05) is 42.5 Å². The summed E-state index contributed by atoms with van der Waals surface area (Å²) in [5.74, 6) is -0.544. The minimum absolute atomic E-state index is 0.489. The van der Waals surface area contributed by atoms with Crippen molar-refractivity contribution in [2.45, 2.75) is 12.1 Å². The number of hydrogen-bond donors (Lipinski definition) is 3. The number of amides is 1. The van der Waals surface area contributed by atoms with Crippen molar-refractivity contribution in [1.29, 1.82) is 0 Å². The van der Waals surface area contributed by atoms with Crippen LogP contribution in [0.3, 0.4) is 0 Å². The van der Waals surface area contributed by atoms with E-state index in [-0.39, 0.29) is 0 Å². The van der Waals surface area contributed by atoms with Gasteiger partial charge in [-0.05, 0) is 36.6 Å². The van der Waals surface area contributed by atoms with Crippen molar-refractivity contribution in [3.05, 3.63) is 77.4 Å². The molecule has 2 atom stereocenters. The molecule has 2 unspecified atom stereocenters. The maximum atomic E-state index is 13.3. The summed E-state index contributed by atoms with van der Waals surface area (Å²) < 4.78 is 12.9. The number of para-hydroxylation sites is 1. The third-order valence-electron chi connectivity index (χ3n) is 5.47. The van der Waals surface area contributed by atoms with Crippen molar-refractivity contribution in [1.82, 2.24) is 4.98 Å². The zero-order chi connectivity index (χ0) is 20.8. The first-order valence-electron chi connectivity index (χ1n) is 9.08. The number of fused-ring (bicyclic) bond motifs is 2. The molecule has 1 heterocycles. The molecule has 7 heteroatoms. The van der Waals surface area contributed by atoms with Gasteiger partial charge < -0.3 is 15.2 Å². The summed E-state index contributed by atoms with van der Waals surface area (Å²) in [4.78, 5) is 27.0. The number of anilines is 1. The molecule has 0 spiro atoms. The van der Waals surface area contributed by atoms with Crippen LogP contribution in [0.1, 0.15) is 12.5 Å². The number of carbonyl (C=O) groups is 1. The van der Waals surface area contributed by atoms with Gasteiger partial charge in [-0.2, -0.15) is 0 Å². The zero-order valence-electron chi connectivity index (χ0n) is 15.9. The number of H-pyrrole nitrogens is 1. The Kier molecular flexibility index (Phi) is 4.78. The summed E-state index contributed by atoms with van der Waals surface area (Å²) in [7, 11) is -3.88. The van der Waals surface area contributed by atoms with Crippen LogP contribution in [0.4, 0.5) is 5.69 Å². The van der Waals surface area contributed by atoms with E-state index < -0.39 is 18.4 Å². The van der Waals surface area contributed by atoms with Gasteiger partial charge in [-0.25, -0.2) is 0 Å². The smallest absolute Gasteiger partial charge is 0.244 e. The van der Waals surface area contributed by atoms with Crippen LogP contribution in [0.25, 0.3) is 21.7 Å². The molecule has 0 saturated carbocycles. The van der Waals surface area contributed by atoms with Crippen molar-refractivity contribution >= 4 is 52.2 Å². The number of halogens is 1. The Hall–Kier alpha value is -2.59. The van der Waals surface area contributed by atoms with E-state index in [0.717, 1.165) is 21.7 Å². The lowest BCUT2D eigenvalue weighted by atomic mass is 9.98. The molecule has 0 saturated heterocycles. The second-order valence-electron chi connectivity index (χ2n) is 7.33. The molecule has 148 valence electrons. The van der Waals surface area contributed by atoms with Gasteiger partial charge in [0.05, 0.1) is 0 Å². The molecule has 3 N–H and O–H groups in total. The van der Waals surface area contributed by atoms with Crippen LogP contribution in [0.15, 0.2) is 66.9 Å². The topological polar surface area (TPSA) is 82.2 Å². The first kappa shape index (κ1) is 19.7. The molecule has 0 bridgehead atoms. The van der Waals surface area contributed by atoms with Gasteiger partial charge in [-0.1, -0.05) is 48.0 Å². The monoisotopic (exact) mass is 426 g/mol. The largest absolute Gasteiger partial charge is 0.361 e. The van der Waals surface area contributed by atoms with Gasteiger partial charge >= 0.3 is 0 Å². The standard InChI is InChI=1S/C22H20ClN2O3P/c1-22(29(2,27)28,18-13-24-20-9-4-3-7-17(18)20)21(26)25-15-10-11-16-14(12-15)6-5-8-19(16)23/h3-13,24H,1-2H3,(H,25,26)(H,27,28). The van der Waals surface area contributed by atoms with Crippen LogP contribution in [-0.2, 0) is 14.5 Å². The van der Waals surface area contributed by atoms with Gasteiger partial charge in [-0.15, -0.1) is 0 Å². The van der Waals surface area contributed by atoms with Crippen molar-refractivity contribution in [2.75, 3.05) is 12.0 Å². The summed E-state index contributed by atoms with van der Waals surface area (Å²) in [6, 6.07) is 18.3. The molecule has 0 aliphatic rings. The molecule has 0 fully saturated rings. The van der Waals surface area contributed by atoms with E-state index in [2.05, 4.69) is 10.3 Å². The van der Waals surface area contributed by atoms with Crippen molar-refractivity contribution in [2.24, 2.45) is 0 Å². The van der Waals surface area contributed by atoms with Crippen molar-refractivity contribution in [3.63, 3.8) is 0 Å². The van der Waals surface area contributed by atoms with Gasteiger partial charge in [0, 0.05) is 45.4 Å². The fourth-order valence-corrected chi connectivity index (χ4v) is 4.89. The highest BCUT2D eigenvalue weighted by Crippen LogP contribution is 2.59. The highest BCUT2D eigenvalue weighted by Gasteiger charge is 2.49. The summed E-state index contributed by atoms with van der Waals surface area (Å²) in [6.07, 6.45) is 1.64. The SMILES string of the molecule is CC(C(=O)Nc1ccc2c(Cl)cccc2c1)(c1c[nH]c2ccccc12)P(C)(=O)O. The first-order valence-corrected chi connectivity index (χ1v) is 11.6. The average molecular weight is 427 g/mol. The fourth-order valence-electron chi connectivity index (χ4n) is 3.58. The van der Waals surface area contributed by atoms with E-state index in [9.17, 15) is 14.3 Å². The van der Waals surface area contributed by atoms with E-state index in [4.69, 9.17) is 11.6 Å². The Morgan fingerprint density at radius 2 is 1.86 bits per heavy atom. The molecule has 0 aliphatic carbocycles. The number of benzene rings is 3. The van der Waals surface area contributed by atoms with Gasteiger partial charge in [0.2, 0.25) is 13.3 Å². The van der Waals surface area contributed by atoms with Gasteiger partial charge in [0.1, 0.15) is 5.16 Å². The molecule has 1 amide bonds. The Bertz CT molecular complexity index is 1290. The Morgan fingerprint density at radius 1 is 1.10 bits per heavy atom. The van der Waals surface area contributed by atoms with Crippen LogP contribution < -0.4 is 5.32 Å². The third-order valence-corrected chi connectivity index (χ3v) is 7.90. The fraction of sp³-hybridized carbons (Fsp3) is 0.136. The zero-order valence-corrected chi connectivity index (χ0v) is 17.6.